The average molecular weight is 394 g/mol. The highest BCUT2D eigenvalue weighted by molar-refractivity contribution is 7.69. The van der Waals surface area contributed by atoms with Crippen molar-refractivity contribution in [1.29, 1.82) is 0 Å². The maximum absolute atomic E-state index is 11.6. The van der Waals surface area contributed by atoms with Gasteiger partial charge in [0.25, 0.3) is 0 Å². The second kappa shape index (κ2) is 7.61. The van der Waals surface area contributed by atoms with Gasteiger partial charge in [0.1, 0.15) is 6.54 Å². The van der Waals surface area contributed by atoms with Crippen molar-refractivity contribution in [1.82, 2.24) is 8.87 Å². The van der Waals surface area contributed by atoms with Gasteiger partial charge < -0.3 is 14.8 Å². The highest BCUT2D eigenvalue weighted by Gasteiger charge is 2.31. The van der Waals surface area contributed by atoms with Gasteiger partial charge in [-0.2, -0.15) is 4.31 Å². The summed E-state index contributed by atoms with van der Waals surface area (Å²) < 4.78 is 26.5. The minimum absolute atomic E-state index is 0.344. The molecular weight excluding hydrogens is 368 g/mol. The molecule has 1 aliphatic rings. The first-order chi connectivity index (χ1) is 12.7. The van der Waals surface area contributed by atoms with Crippen LogP contribution in [-0.2, 0) is 35.1 Å². The van der Waals surface area contributed by atoms with Crippen LogP contribution in [0.15, 0.2) is 24.3 Å². The van der Waals surface area contributed by atoms with Crippen molar-refractivity contribution >= 4 is 27.8 Å². The Morgan fingerprint density at radius 3 is 2.67 bits per heavy atom. The monoisotopic (exact) mass is 394 g/mol. The molecule has 1 atom stereocenters. The van der Waals surface area contributed by atoms with Gasteiger partial charge in [-0.05, 0) is 51.2 Å². The first-order valence-electron chi connectivity index (χ1n) is 9.11. The van der Waals surface area contributed by atoms with E-state index in [4.69, 9.17) is 5.11 Å². The number of aryl methyl sites for hydroxylation is 1. The molecule has 0 bridgehead atoms. The van der Waals surface area contributed by atoms with Gasteiger partial charge in [-0.15, -0.1) is 0 Å². The topological polar surface area (TPSA) is 99.8 Å². The minimum atomic E-state index is -2.95. The molecule has 0 spiro atoms. The van der Waals surface area contributed by atoms with Gasteiger partial charge in [0.05, 0.1) is 5.60 Å². The Bertz CT molecular complexity index is 918. The molecule has 1 aliphatic carbocycles. The summed E-state index contributed by atoms with van der Waals surface area (Å²) in [5.74, 6) is -1.15. The van der Waals surface area contributed by atoms with Gasteiger partial charge in [0.15, 0.2) is 0 Å². The first kappa shape index (κ1) is 19.9. The lowest BCUT2D eigenvalue weighted by Crippen LogP contribution is -2.41. The van der Waals surface area contributed by atoms with Gasteiger partial charge in [-0.25, -0.2) is 8.42 Å². The summed E-state index contributed by atoms with van der Waals surface area (Å²) in [6.45, 7) is 3.75. The van der Waals surface area contributed by atoms with Crippen LogP contribution in [0.3, 0.4) is 0 Å². The predicted octanol–water partition coefficient (Wildman–Crippen LogP) is 1.57. The van der Waals surface area contributed by atoms with E-state index in [1.165, 1.54) is 0 Å². The van der Waals surface area contributed by atoms with E-state index in [9.17, 15) is 18.3 Å². The highest BCUT2D eigenvalue weighted by Crippen LogP contribution is 2.34. The van der Waals surface area contributed by atoms with E-state index >= 15 is 0 Å². The van der Waals surface area contributed by atoms with E-state index in [1.807, 2.05) is 24.3 Å². The zero-order valence-electron chi connectivity index (χ0n) is 15.6. The maximum atomic E-state index is 11.6. The lowest BCUT2D eigenvalue weighted by atomic mass is 9.91. The van der Waals surface area contributed by atoms with Crippen molar-refractivity contribution in [3.8, 4) is 0 Å². The van der Waals surface area contributed by atoms with Crippen molar-refractivity contribution in [2.45, 2.75) is 57.7 Å². The molecule has 148 valence electrons. The van der Waals surface area contributed by atoms with E-state index in [0.717, 1.165) is 26.5 Å². The standard InChI is InChI=1S/C19H26N2O5S/c1-19(2,24)9-10-20-16-6-4-3-5-14(16)15-11-13(7-8-17(15)20)21(27(25)26)12-18(22)23/h3-6,13,24,27H,7-12H2,1-2H3,(H,22,23). The molecule has 8 heteroatoms. The first-order valence-corrected chi connectivity index (χ1v) is 10.2. The minimum Gasteiger partial charge on any atom is -0.480 e. The molecule has 2 N–H and O–H groups in total. The van der Waals surface area contributed by atoms with Crippen molar-refractivity contribution < 1.29 is 23.4 Å². The fraction of sp³-hybridized carbons (Fsp3) is 0.526. The third kappa shape index (κ3) is 4.34. The van der Waals surface area contributed by atoms with E-state index < -0.39 is 29.0 Å². The molecular formula is C19H26N2O5S. The summed E-state index contributed by atoms with van der Waals surface area (Å²) in [5, 5.41) is 20.2. The van der Waals surface area contributed by atoms with E-state index in [2.05, 4.69) is 4.57 Å². The number of carbonyl (C=O) groups is 1. The van der Waals surface area contributed by atoms with Gasteiger partial charge >= 0.3 is 5.97 Å². The van der Waals surface area contributed by atoms with Crippen LogP contribution in [0.5, 0.6) is 0 Å². The van der Waals surface area contributed by atoms with Gasteiger partial charge in [-0.1, -0.05) is 18.2 Å². The molecule has 0 saturated carbocycles. The zero-order valence-corrected chi connectivity index (χ0v) is 16.5. The smallest absolute Gasteiger partial charge is 0.318 e. The zero-order chi connectivity index (χ0) is 19.8. The van der Waals surface area contributed by atoms with Gasteiger partial charge in [-0.3, -0.25) is 4.79 Å². The Labute approximate surface area is 160 Å². The number of aliphatic carboxylic acids is 1. The molecule has 7 nitrogen and oxygen atoms in total. The molecule has 1 aromatic heterocycles. The van der Waals surface area contributed by atoms with Crippen molar-refractivity contribution in [2.75, 3.05) is 6.54 Å². The largest absolute Gasteiger partial charge is 0.480 e. The van der Waals surface area contributed by atoms with Crippen LogP contribution in [0, 0.1) is 0 Å². The van der Waals surface area contributed by atoms with Crippen molar-refractivity contribution in [3.05, 3.63) is 35.5 Å². The molecule has 0 amide bonds. The molecule has 27 heavy (non-hydrogen) atoms. The summed E-state index contributed by atoms with van der Waals surface area (Å²) in [7, 11) is -2.95. The Morgan fingerprint density at radius 2 is 2.04 bits per heavy atom. The lowest BCUT2D eigenvalue weighted by molar-refractivity contribution is -0.137. The number of thiol groups is 1. The average Bonchev–Trinajstić information content (AvgIpc) is 2.90. The van der Waals surface area contributed by atoms with Gasteiger partial charge in [0, 0.05) is 29.2 Å². The predicted molar refractivity (Wildman–Crippen MR) is 103 cm³/mol. The number of benzene rings is 1. The van der Waals surface area contributed by atoms with Crippen LogP contribution in [0.1, 0.15) is 37.9 Å². The number of aliphatic hydroxyl groups is 1. The molecule has 1 unspecified atom stereocenters. The summed E-state index contributed by atoms with van der Waals surface area (Å²) in [4.78, 5) is 11.1. The van der Waals surface area contributed by atoms with Crippen LogP contribution < -0.4 is 0 Å². The van der Waals surface area contributed by atoms with E-state index in [1.54, 1.807) is 13.8 Å². The number of hydrogen-bond acceptors (Lipinski definition) is 4. The summed E-state index contributed by atoms with van der Waals surface area (Å²) in [6.07, 6.45) is 2.38. The fourth-order valence-corrected chi connectivity index (χ4v) is 4.64. The van der Waals surface area contributed by atoms with Crippen LogP contribution in [-0.4, -0.2) is 51.7 Å². The number of rotatable bonds is 7. The SMILES string of the molecule is CC(C)(O)CCn1c2c(c3ccccc31)CC(N(CC(=O)O)[SH](=O)=O)CC2. The molecule has 0 aliphatic heterocycles. The number of aromatic nitrogens is 1. The molecule has 1 aromatic carbocycles. The number of hydrogen-bond donors (Lipinski definition) is 3. The Morgan fingerprint density at radius 1 is 1.33 bits per heavy atom. The number of carboxylic acids is 1. The number of para-hydroxylation sites is 1. The summed E-state index contributed by atoms with van der Waals surface area (Å²) in [5.41, 5.74) is 2.55. The molecule has 3 rings (SSSR count). The molecule has 2 aromatic rings. The third-order valence-corrected chi connectivity index (χ3v) is 6.11. The fourth-order valence-electron chi connectivity index (χ4n) is 3.94. The van der Waals surface area contributed by atoms with Crippen LogP contribution in [0.2, 0.25) is 0 Å². The number of fused-ring (bicyclic) bond motifs is 3. The second-order valence-corrected chi connectivity index (χ2v) is 8.77. The quantitative estimate of drug-likeness (QED) is 0.619. The second-order valence-electron chi connectivity index (χ2n) is 7.78. The Kier molecular flexibility index (Phi) is 5.60. The number of carboxylic acid groups (broad SMARTS) is 1. The van der Waals surface area contributed by atoms with Crippen LogP contribution >= 0.6 is 0 Å². The molecule has 1 heterocycles. The lowest BCUT2D eigenvalue weighted by Gasteiger charge is -2.30. The van der Waals surface area contributed by atoms with Crippen LogP contribution in [0.25, 0.3) is 10.9 Å². The summed E-state index contributed by atoms with van der Waals surface area (Å²) >= 11 is 0. The van der Waals surface area contributed by atoms with Crippen molar-refractivity contribution in [2.24, 2.45) is 0 Å². The third-order valence-electron chi connectivity index (χ3n) is 5.22. The molecule has 0 saturated heterocycles. The van der Waals surface area contributed by atoms with Crippen molar-refractivity contribution in [3.63, 3.8) is 0 Å². The normalized spacial score (nSPS) is 17.6. The number of nitrogens with zero attached hydrogens (tertiary/aromatic N) is 2. The van der Waals surface area contributed by atoms with E-state index in [-0.39, 0.29) is 6.04 Å². The van der Waals surface area contributed by atoms with Gasteiger partial charge in [0.2, 0.25) is 10.9 Å². The highest BCUT2D eigenvalue weighted by atomic mass is 32.2. The maximum Gasteiger partial charge on any atom is 0.318 e. The molecule has 0 fully saturated rings. The summed E-state index contributed by atoms with van der Waals surface area (Å²) in [6, 6.07) is 7.64. The van der Waals surface area contributed by atoms with E-state index in [0.29, 0.717) is 32.2 Å². The van der Waals surface area contributed by atoms with Crippen LogP contribution in [0.4, 0.5) is 0 Å². The Hall–Kier alpha value is -1.90. The molecule has 0 radical (unpaired) electrons. The Balaban J connectivity index is 1.98.